The lowest BCUT2D eigenvalue weighted by atomic mass is 10.0. The van der Waals surface area contributed by atoms with Crippen molar-refractivity contribution >= 4 is 0 Å². The van der Waals surface area contributed by atoms with Gasteiger partial charge in [0, 0.05) is 5.92 Å². The minimum Gasteiger partial charge on any atom is -0.195 e. The number of hydrogen-bond acceptors (Lipinski definition) is 2. The van der Waals surface area contributed by atoms with E-state index in [9.17, 15) is 0 Å². The highest BCUT2D eigenvalue weighted by molar-refractivity contribution is 4.73. The van der Waals surface area contributed by atoms with E-state index in [2.05, 4.69) is 13.8 Å². The highest BCUT2D eigenvalue weighted by Gasteiger charge is 2.47. The Hall–Kier alpha value is -0.0800. The molecule has 1 saturated heterocycles. The van der Waals surface area contributed by atoms with Crippen molar-refractivity contribution in [2.24, 2.45) is 5.92 Å². The van der Waals surface area contributed by atoms with Gasteiger partial charge in [-0.2, -0.15) is 9.78 Å². The first-order valence-electron chi connectivity index (χ1n) is 3.06. The zero-order valence-electron chi connectivity index (χ0n) is 5.60. The van der Waals surface area contributed by atoms with Crippen LogP contribution in [0.1, 0.15) is 27.2 Å². The third kappa shape index (κ3) is 0.858. The van der Waals surface area contributed by atoms with Gasteiger partial charge < -0.3 is 0 Å². The average molecular weight is 116 g/mol. The van der Waals surface area contributed by atoms with Crippen molar-refractivity contribution in [3.63, 3.8) is 0 Å². The Labute approximate surface area is 49.7 Å². The monoisotopic (exact) mass is 116 g/mol. The van der Waals surface area contributed by atoms with Crippen LogP contribution < -0.4 is 0 Å². The summed E-state index contributed by atoms with van der Waals surface area (Å²) in [5, 5.41) is 0. The average Bonchev–Trinajstić information content (AvgIpc) is 2.47. The molecule has 1 atom stereocenters. The Balaban J connectivity index is 2.34. The van der Waals surface area contributed by atoms with Gasteiger partial charge in [-0.1, -0.05) is 13.8 Å². The number of hydrogen-bond donors (Lipinski definition) is 0. The molecule has 1 aliphatic rings. The van der Waals surface area contributed by atoms with E-state index in [4.69, 9.17) is 9.78 Å². The minimum absolute atomic E-state index is 0.241. The van der Waals surface area contributed by atoms with Crippen LogP contribution >= 0.6 is 0 Å². The van der Waals surface area contributed by atoms with Crippen molar-refractivity contribution < 1.29 is 9.78 Å². The second kappa shape index (κ2) is 1.71. The molecule has 0 aromatic carbocycles. The Morgan fingerprint density at radius 1 is 1.50 bits per heavy atom. The Morgan fingerprint density at radius 2 is 2.00 bits per heavy atom. The Morgan fingerprint density at radius 3 is 2.12 bits per heavy atom. The molecule has 1 rings (SSSR count). The quantitative estimate of drug-likeness (QED) is 0.405. The van der Waals surface area contributed by atoms with E-state index < -0.39 is 0 Å². The summed E-state index contributed by atoms with van der Waals surface area (Å²) in [7, 11) is 0. The Kier molecular flexibility index (Phi) is 1.29. The van der Waals surface area contributed by atoms with Crippen molar-refractivity contribution in [3.8, 4) is 0 Å². The van der Waals surface area contributed by atoms with E-state index in [1.54, 1.807) is 0 Å². The van der Waals surface area contributed by atoms with Crippen molar-refractivity contribution in [2.75, 3.05) is 0 Å². The zero-order chi connectivity index (χ0) is 6.20. The summed E-state index contributed by atoms with van der Waals surface area (Å²) < 4.78 is 0. The molecule has 2 heteroatoms. The Bertz CT molecular complexity index is 86.5. The molecule has 2 nitrogen and oxygen atoms in total. The lowest BCUT2D eigenvalue weighted by molar-refractivity contribution is 0.0850. The molecule has 0 N–H and O–H groups in total. The summed E-state index contributed by atoms with van der Waals surface area (Å²) in [5.41, 5.74) is 0. The van der Waals surface area contributed by atoms with Gasteiger partial charge in [0.25, 0.3) is 0 Å². The van der Waals surface area contributed by atoms with Crippen molar-refractivity contribution in [1.82, 2.24) is 0 Å². The fourth-order valence-electron chi connectivity index (χ4n) is 0.601. The fourth-order valence-corrected chi connectivity index (χ4v) is 0.601. The molecule has 0 spiro atoms. The summed E-state index contributed by atoms with van der Waals surface area (Å²) in [4.78, 5) is 9.50. The maximum absolute atomic E-state index is 4.75. The van der Waals surface area contributed by atoms with Crippen molar-refractivity contribution in [3.05, 3.63) is 0 Å². The van der Waals surface area contributed by atoms with Crippen LogP contribution in [-0.4, -0.2) is 5.79 Å². The zero-order valence-corrected chi connectivity index (χ0v) is 5.60. The smallest absolute Gasteiger partial charge is 0.195 e. The normalized spacial score (nSPS) is 27.4. The van der Waals surface area contributed by atoms with Crippen LogP contribution in [0.2, 0.25) is 0 Å². The minimum atomic E-state index is -0.241. The van der Waals surface area contributed by atoms with Gasteiger partial charge in [0.15, 0.2) is 0 Å². The van der Waals surface area contributed by atoms with Gasteiger partial charge in [0.05, 0.1) is 0 Å². The van der Waals surface area contributed by atoms with Gasteiger partial charge in [0.2, 0.25) is 5.79 Å². The van der Waals surface area contributed by atoms with E-state index >= 15 is 0 Å². The summed E-state index contributed by atoms with van der Waals surface area (Å²) in [5.74, 6) is 0.275. The summed E-state index contributed by atoms with van der Waals surface area (Å²) >= 11 is 0. The van der Waals surface area contributed by atoms with E-state index in [0.717, 1.165) is 6.42 Å². The second-order valence-electron chi connectivity index (χ2n) is 2.49. The van der Waals surface area contributed by atoms with Crippen LogP contribution in [0, 0.1) is 5.92 Å². The van der Waals surface area contributed by atoms with Crippen LogP contribution in [-0.2, 0) is 9.78 Å². The molecule has 8 heavy (non-hydrogen) atoms. The molecule has 1 heterocycles. The van der Waals surface area contributed by atoms with E-state index in [1.807, 2.05) is 6.92 Å². The molecule has 0 saturated carbocycles. The van der Waals surface area contributed by atoms with Gasteiger partial charge in [-0.25, -0.2) is 0 Å². The highest BCUT2D eigenvalue weighted by atomic mass is 17.4. The van der Waals surface area contributed by atoms with Crippen molar-refractivity contribution in [1.29, 1.82) is 0 Å². The summed E-state index contributed by atoms with van der Waals surface area (Å²) in [6.07, 6.45) is 1.11. The predicted molar refractivity (Wildman–Crippen MR) is 30.0 cm³/mol. The summed E-state index contributed by atoms with van der Waals surface area (Å²) in [6.45, 7) is 6.20. The number of rotatable bonds is 2. The maximum atomic E-state index is 4.75. The first-order chi connectivity index (χ1) is 3.69. The fraction of sp³-hybridized carbons (Fsp3) is 1.00. The largest absolute Gasteiger partial charge is 0.234 e. The standard InChI is InChI=1S/C6H12O2/c1-4-5(2)6(3)7-8-6/h5H,4H2,1-3H3. The molecular weight excluding hydrogens is 104 g/mol. The highest BCUT2D eigenvalue weighted by Crippen LogP contribution is 2.37. The van der Waals surface area contributed by atoms with Gasteiger partial charge in [-0.3, -0.25) is 0 Å². The topological polar surface area (TPSA) is 25.1 Å². The van der Waals surface area contributed by atoms with E-state index in [1.165, 1.54) is 0 Å². The molecule has 1 fully saturated rings. The van der Waals surface area contributed by atoms with E-state index in [-0.39, 0.29) is 5.79 Å². The second-order valence-corrected chi connectivity index (χ2v) is 2.49. The molecule has 0 aromatic heterocycles. The maximum Gasteiger partial charge on any atom is 0.234 e. The van der Waals surface area contributed by atoms with Gasteiger partial charge in [-0.05, 0) is 13.3 Å². The summed E-state index contributed by atoms with van der Waals surface area (Å²) in [6, 6.07) is 0. The molecular formula is C6H12O2. The van der Waals surface area contributed by atoms with Crippen LogP contribution in [0.5, 0.6) is 0 Å². The first kappa shape index (κ1) is 6.05. The van der Waals surface area contributed by atoms with Crippen LogP contribution in [0.15, 0.2) is 0 Å². The lowest BCUT2D eigenvalue weighted by Gasteiger charge is -2.05. The predicted octanol–water partition coefficient (Wildman–Crippen LogP) is 1.71. The lowest BCUT2D eigenvalue weighted by Crippen LogP contribution is -2.15. The van der Waals surface area contributed by atoms with Crippen LogP contribution in [0.3, 0.4) is 0 Å². The van der Waals surface area contributed by atoms with Gasteiger partial charge >= 0.3 is 0 Å². The van der Waals surface area contributed by atoms with Crippen LogP contribution in [0.25, 0.3) is 0 Å². The SMILES string of the molecule is CCC(C)C1(C)OO1. The first-order valence-corrected chi connectivity index (χ1v) is 3.06. The third-order valence-electron chi connectivity index (χ3n) is 1.85. The van der Waals surface area contributed by atoms with Gasteiger partial charge in [0.1, 0.15) is 0 Å². The molecule has 1 aliphatic heterocycles. The molecule has 0 aromatic rings. The molecule has 0 aliphatic carbocycles. The molecule has 0 bridgehead atoms. The third-order valence-corrected chi connectivity index (χ3v) is 1.85. The molecule has 1 unspecified atom stereocenters. The molecule has 0 radical (unpaired) electrons. The van der Waals surface area contributed by atoms with Crippen LogP contribution in [0.4, 0.5) is 0 Å². The van der Waals surface area contributed by atoms with E-state index in [0.29, 0.717) is 5.92 Å². The molecule has 48 valence electrons. The van der Waals surface area contributed by atoms with Gasteiger partial charge in [-0.15, -0.1) is 0 Å². The van der Waals surface area contributed by atoms with Crippen molar-refractivity contribution in [2.45, 2.75) is 33.0 Å². The molecule has 0 amide bonds.